The molecule has 1 aromatic heterocycles. The van der Waals surface area contributed by atoms with Gasteiger partial charge in [-0.1, -0.05) is 48.9 Å². The van der Waals surface area contributed by atoms with E-state index in [0.717, 1.165) is 5.56 Å². The Labute approximate surface area is 127 Å². The number of nitrogens with one attached hydrogen (secondary N) is 1. The second kappa shape index (κ2) is 5.53. The number of halogens is 1. The van der Waals surface area contributed by atoms with Gasteiger partial charge >= 0.3 is 5.69 Å². The van der Waals surface area contributed by atoms with Gasteiger partial charge in [-0.15, -0.1) is 0 Å². The minimum atomic E-state index is -0.433. The van der Waals surface area contributed by atoms with Gasteiger partial charge in [0.2, 0.25) is 0 Å². The van der Waals surface area contributed by atoms with Crippen molar-refractivity contribution in [3.05, 3.63) is 56.3 Å². The Hall–Kier alpha value is -1.81. The third-order valence-corrected chi connectivity index (χ3v) is 4.38. The summed E-state index contributed by atoms with van der Waals surface area (Å²) < 4.78 is 1.27. The molecule has 1 heterocycles. The molecule has 1 fully saturated rings. The molecule has 1 aliphatic rings. The number of hydrogen-bond acceptors (Lipinski definition) is 2. The fraction of sp³-hybridized carbons (Fsp3) is 0.375. The highest BCUT2D eigenvalue weighted by Crippen LogP contribution is 2.37. The highest BCUT2D eigenvalue weighted by Gasteiger charge is 2.29. The summed E-state index contributed by atoms with van der Waals surface area (Å²) in [5.41, 5.74) is 0.330. The first-order chi connectivity index (χ1) is 10.1. The molecule has 2 aromatic rings. The Balaban J connectivity index is 2.09. The van der Waals surface area contributed by atoms with Crippen LogP contribution in [0.3, 0.4) is 0 Å². The molecule has 110 valence electrons. The van der Waals surface area contributed by atoms with Crippen molar-refractivity contribution in [2.45, 2.75) is 26.3 Å². The summed E-state index contributed by atoms with van der Waals surface area (Å²) in [7, 11) is 0. The van der Waals surface area contributed by atoms with Crippen molar-refractivity contribution < 1.29 is 0 Å². The maximum Gasteiger partial charge on any atom is 0.329 e. The molecule has 1 aliphatic carbocycles. The fourth-order valence-corrected chi connectivity index (χ4v) is 2.94. The van der Waals surface area contributed by atoms with Crippen molar-refractivity contribution in [1.82, 2.24) is 9.55 Å². The van der Waals surface area contributed by atoms with Crippen LogP contribution < -0.4 is 11.2 Å². The number of H-pyrrole nitrogens is 1. The second-order valence-corrected chi connectivity index (χ2v) is 6.09. The first-order valence-electron chi connectivity index (χ1n) is 7.16. The van der Waals surface area contributed by atoms with Crippen LogP contribution in [0, 0.1) is 11.8 Å². The van der Waals surface area contributed by atoms with Gasteiger partial charge in [-0.05, 0) is 30.2 Å². The lowest BCUT2D eigenvalue weighted by atomic mass is 10.1. The largest absolute Gasteiger partial charge is 0.329 e. The Morgan fingerprint density at radius 3 is 2.57 bits per heavy atom. The van der Waals surface area contributed by atoms with E-state index < -0.39 is 5.69 Å². The summed E-state index contributed by atoms with van der Waals surface area (Å²) in [4.78, 5) is 27.3. The molecule has 1 saturated carbocycles. The Morgan fingerprint density at radius 2 is 1.95 bits per heavy atom. The highest BCUT2D eigenvalue weighted by atomic mass is 35.5. The summed E-state index contributed by atoms with van der Waals surface area (Å²) in [6, 6.07) is 9.18. The smallest absolute Gasteiger partial charge is 0.297 e. The highest BCUT2D eigenvalue weighted by molar-refractivity contribution is 6.32. The quantitative estimate of drug-likeness (QED) is 0.883. The van der Waals surface area contributed by atoms with Crippen LogP contribution in [-0.2, 0) is 6.54 Å². The molecule has 0 spiro atoms. The van der Waals surface area contributed by atoms with Crippen molar-refractivity contribution in [3.8, 4) is 11.1 Å². The predicted octanol–water partition coefficient (Wildman–Crippen LogP) is 2.90. The average Bonchev–Trinajstić information content (AvgIpc) is 3.29. The first kappa shape index (κ1) is 14.1. The predicted molar refractivity (Wildman–Crippen MR) is 83.7 cm³/mol. The molecule has 0 bridgehead atoms. The molecular weight excluding hydrogens is 288 g/mol. The molecular formula is C16H17ClN2O2. The van der Waals surface area contributed by atoms with Gasteiger partial charge in [-0.3, -0.25) is 14.3 Å². The third-order valence-electron chi connectivity index (χ3n) is 4.10. The van der Waals surface area contributed by atoms with Gasteiger partial charge in [0.05, 0.1) is 5.56 Å². The third kappa shape index (κ3) is 2.81. The van der Waals surface area contributed by atoms with E-state index in [4.69, 9.17) is 11.6 Å². The maximum atomic E-state index is 12.6. The van der Waals surface area contributed by atoms with E-state index in [1.165, 1.54) is 17.4 Å². The summed E-state index contributed by atoms with van der Waals surface area (Å²) in [6.45, 7) is 2.52. The van der Waals surface area contributed by atoms with Gasteiger partial charge in [0, 0.05) is 6.54 Å². The van der Waals surface area contributed by atoms with Gasteiger partial charge in [-0.25, -0.2) is 4.79 Å². The molecule has 0 saturated heterocycles. The molecule has 1 aromatic carbocycles. The van der Waals surface area contributed by atoms with Crippen LogP contribution in [0.15, 0.2) is 39.9 Å². The molecule has 1 atom stereocenters. The van der Waals surface area contributed by atoms with Gasteiger partial charge < -0.3 is 0 Å². The van der Waals surface area contributed by atoms with Crippen LogP contribution in [0.5, 0.6) is 0 Å². The fourth-order valence-electron chi connectivity index (χ4n) is 2.67. The van der Waals surface area contributed by atoms with Crippen molar-refractivity contribution in [2.75, 3.05) is 0 Å². The zero-order valence-electron chi connectivity index (χ0n) is 11.8. The second-order valence-electron chi connectivity index (χ2n) is 5.72. The number of nitrogens with zero attached hydrogens (tertiary/aromatic N) is 1. The van der Waals surface area contributed by atoms with Crippen LogP contribution >= 0.6 is 11.6 Å². The summed E-state index contributed by atoms with van der Waals surface area (Å²) in [6.07, 6.45) is 2.37. The molecule has 3 rings (SSSR count). The molecule has 21 heavy (non-hydrogen) atoms. The first-order valence-corrected chi connectivity index (χ1v) is 7.53. The lowest BCUT2D eigenvalue weighted by molar-refractivity contribution is 0.413. The lowest BCUT2D eigenvalue weighted by Gasteiger charge is -2.13. The minimum absolute atomic E-state index is 0.103. The number of aromatic nitrogens is 2. The molecule has 1 N–H and O–H groups in total. The van der Waals surface area contributed by atoms with E-state index in [0.29, 0.717) is 23.9 Å². The van der Waals surface area contributed by atoms with E-state index in [1.807, 2.05) is 30.3 Å². The molecule has 0 radical (unpaired) electrons. The van der Waals surface area contributed by atoms with Crippen LogP contribution in [0.1, 0.15) is 19.8 Å². The SMILES string of the molecule is CC(Cn1c(=O)[nH]c(Cl)c(-c2ccccc2)c1=O)C1CC1. The van der Waals surface area contributed by atoms with E-state index >= 15 is 0 Å². The normalized spacial score (nSPS) is 15.9. The van der Waals surface area contributed by atoms with Crippen LogP contribution in [0.25, 0.3) is 11.1 Å². The number of aromatic amines is 1. The van der Waals surface area contributed by atoms with E-state index in [2.05, 4.69) is 11.9 Å². The maximum absolute atomic E-state index is 12.6. The number of hydrogen-bond donors (Lipinski definition) is 1. The van der Waals surface area contributed by atoms with Crippen LogP contribution in [-0.4, -0.2) is 9.55 Å². The molecule has 4 nitrogen and oxygen atoms in total. The van der Waals surface area contributed by atoms with Gasteiger partial charge in [0.25, 0.3) is 5.56 Å². The van der Waals surface area contributed by atoms with E-state index in [9.17, 15) is 9.59 Å². The minimum Gasteiger partial charge on any atom is -0.297 e. The van der Waals surface area contributed by atoms with Gasteiger partial charge in [-0.2, -0.15) is 0 Å². The lowest BCUT2D eigenvalue weighted by Crippen LogP contribution is -2.38. The summed E-state index contributed by atoms with van der Waals surface area (Å²) in [5, 5.41) is 0.103. The number of rotatable bonds is 4. The molecule has 5 heteroatoms. The van der Waals surface area contributed by atoms with Crippen molar-refractivity contribution in [3.63, 3.8) is 0 Å². The Kier molecular flexibility index (Phi) is 3.72. The zero-order chi connectivity index (χ0) is 15.0. The van der Waals surface area contributed by atoms with Crippen molar-refractivity contribution >= 4 is 11.6 Å². The van der Waals surface area contributed by atoms with Gasteiger partial charge in [0.1, 0.15) is 5.15 Å². The molecule has 0 aliphatic heterocycles. The standard InChI is InChI=1S/C16H17ClN2O2/c1-10(11-7-8-11)9-19-15(20)13(14(17)18-16(19)21)12-5-3-2-4-6-12/h2-6,10-11H,7-9H2,1H3,(H,18,21). The number of benzene rings is 1. The summed E-state index contributed by atoms with van der Waals surface area (Å²) in [5.74, 6) is 0.959. The molecule has 1 unspecified atom stereocenters. The average molecular weight is 305 g/mol. The van der Waals surface area contributed by atoms with Crippen LogP contribution in [0.2, 0.25) is 5.15 Å². The van der Waals surface area contributed by atoms with Crippen LogP contribution in [0.4, 0.5) is 0 Å². The zero-order valence-corrected chi connectivity index (χ0v) is 12.6. The topological polar surface area (TPSA) is 54.9 Å². The van der Waals surface area contributed by atoms with Crippen molar-refractivity contribution in [1.29, 1.82) is 0 Å². The Morgan fingerprint density at radius 1 is 1.29 bits per heavy atom. The van der Waals surface area contributed by atoms with E-state index in [-0.39, 0.29) is 10.7 Å². The van der Waals surface area contributed by atoms with Crippen molar-refractivity contribution in [2.24, 2.45) is 11.8 Å². The van der Waals surface area contributed by atoms with Gasteiger partial charge in [0.15, 0.2) is 0 Å². The molecule has 0 amide bonds. The van der Waals surface area contributed by atoms with E-state index in [1.54, 1.807) is 0 Å². The summed E-state index contributed by atoms with van der Waals surface area (Å²) >= 11 is 6.08. The monoisotopic (exact) mass is 304 g/mol. The Bertz CT molecular complexity index is 760.